The zero-order chi connectivity index (χ0) is 19.1. The molecule has 4 fully saturated rings. The molecule has 4 atom stereocenters. The maximum absolute atomic E-state index is 12.6. The van der Waals surface area contributed by atoms with Gasteiger partial charge in [-0.2, -0.15) is 13.2 Å². The Morgan fingerprint density at radius 1 is 1.21 bits per heavy atom. The Labute approximate surface area is 182 Å². The Balaban J connectivity index is 0.00000225. The summed E-state index contributed by atoms with van der Waals surface area (Å²) < 4.78 is 43.9. The summed E-state index contributed by atoms with van der Waals surface area (Å²) in [5.74, 6) is 1.30. The van der Waals surface area contributed by atoms with Gasteiger partial charge in [-0.05, 0) is 32.6 Å². The third kappa shape index (κ3) is 4.40. The Bertz CT molecular complexity index is 568. The molecule has 0 aromatic rings. The number of aliphatic imine (C=N–C) groups is 1. The first-order valence-corrected chi connectivity index (χ1v) is 10.4. The van der Waals surface area contributed by atoms with Gasteiger partial charge in [-0.15, -0.1) is 24.0 Å². The van der Waals surface area contributed by atoms with Crippen molar-refractivity contribution in [2.75, 3.05) is 32.8 Å². The van der Waals surface area contributed by atoms with Crippen molar-refractivity contribution in [1.82, 2.24) is 15.5 Å². The van der Waals surface area contributed by atoms with Gasteiger partial charge in [0.1, 0.15) is 0 Å². The molecule has 2 saturated carbocycles. The third-order valence-corrected chi connectivity index (χ3v) is 6.91. The SMILES string of the molecule is CCN=C(NC1CCN(CC(F)(F)F)C1)NC1C2CCOC2C12CCCC2.I. The van der Waals surface area contributed by atoms with E-state index in [1.165, 1.54) is 30.6 Å². The number of guanidine groups is 1. The van der Waals surface area contributed by atoms with Crippen LogP contribution in [0.15, 0.2) is 4.99 Å². The first kappa shape index (κ1) is 22.4. The molecule has 0 bridgehead atoms. The molecule has 2 aliphatic heterocycles. The van der Waals surface area contributed by atoms with E-state index in [0.29, 0.717) is 44.1 Å². The van der Waals surface area contributed by atoms with Crippen LogP contribution in [0.5, 0.6) is 0 Å². The standard InChI is InChI=1S/C19H31F3N4O.HI/c1-2-23-17(24-13-5-9-26(11-13)12-19(20,21)22)25-15-14-6-10-27-16(14)18(15)7-3-4-8-18;/h13-16H,2-12H2,1H3,(H2,23,24,25);1H. The minimum atomic E-state index is -4.13. The molecule has 2 heterocycles. The lowest BCUT2D eigenvalue weighted by molar-refractivity contribution is -0.143. The van der Waals surface area contributed by atoms with Gasteiger partial charge in [0, 0.05) is 49.7 Å². The molecule has 1 spiro atoms. The van der Waals surface area contributed by atoms with Crippen molar-refractivity contribution >= 4 is 29.9 Å². The van der Waals surface area contributed by atoms with E-state index in [0.717, 1.165) is 19.0 Å². The van der Waals surface area contributed by atoms with Gasteiger partial charge in [0.15, 0.2) is 5.96 Å². The largest absolute Gasteiger partial charge is 0.401 e. The van der Waals surface area contributed by atoms with Gasteiger partial charge >= 0.3 is 6.18 Å². The molecule has 4 aliphatic rings. The van der Waals surface area contributed by atoms with Crippen molar-refractivity contribution < 1.29 is 17.9 Å². The van der Waals surface area contributed by atoms with E-state index in [9.17, 15) is 13.2 Å². The van der Waals surface area contributed by atoms with Gasteiger partial charge < -0.3 is 15.4 Å². The molecule has 2 saturated heterocycles. The zero-order valence-electron chi connectivity index (χ0n) is 16.4. The van der Waals surface area contributed by atoms with E-state index in [1.54, 1.807) is 0 Å². The van der Waals surface area contributed by atoms with Gasteiger partial charge in [-0.25, -0.2) is 0 Å². The smallest absolute Gasteiger partial charge is 0.377 e. The number of hydrogen-bond acceptors (Lipinski definition) is 3. The molecule has 28 heavy (non-hydrogen) atoms. The van der Waals surface area contributed by atoms with Crippen LogP contribution < -0.4 is 10.6 Å². The van der Waals surface area contributed by atoms with Crippen LogP contribution in [-0.4, -0.2) is 68.0 Å². The average Bonchev–Trinajstić information content (AvgIpc) is 3.31. The molecule has 4 unspecified atom stereocenters. The Morgan fingerprint density at radius 3 is 2.64 bits per heavy atom. The van der Waals surface area contributed by atoms with Crippen LogP contribution in [0.3, 0.4) is 0 Å². The molecule has 5 nitrogen and oxygen atoms in total. The molecule has 0 radical (unpaired) electrons. The zero-order valence-corrected chi connectivity index (χ0v) is 18.8. The van der Waals surface area contributed by atoms with E-state index < -0.39 is 12.7 Å². The predicted molar refractivity (Wildman–Crippen MR) is 113 cm³/mol. The van der Waals surface area contributed by atoms with Gasteiger partial charge in [0.05, 0.1) is 12.6 Å². The summed E-state index contributed by atoms with van der Waals surface area (Å²) in [6, 6.07) is 0.387. The fourth-order valence-corrected chi connectivity index (χ4v) is 5.88. The first-order valence-electron chi connectivity index (χ1n) is 10.4. The lowest BCUT2D eigenvalue weighted by atomic mass is 9.54. The molecular weight excluding hydrogens is 484 g/mol. The molecule has 0 aromatic carbocycles. The normalized spacial score (nSPS) is 34.8. The van der Waals surface area contributed by atoms with Crippen LogP contribution in [0.25, 0.3) is 0 Å². The Kier molecular flexibility index (Phi) is 7.06. The molecule has 4 rings (SSSR count). The summed E-state index contributed by atoms with van der Waals surface area (Å²) in [6.07, 6.45) is 2.97. The summed E-state index contributed by atoms with van der Waals surface area (Å²) in [6.45, 7) is 3.54. The topological polar surface area (TPSA) is 48.9 Å². The van der Waals surface area contributed by atoms with Crippen molar-refractivity contribution in [3.63, 3.8) is 0 Å². The Hall–Kier alpha value is -0.290. The van der Waals surface area contributed by atoms with Crippen LogP contribution in [0, 0.1) is 11.3 Å². The quantitative estimate of drug-likeness (QED) is 0.343. The number of alkyl halides is 3. The second-order valence-corrected chi connectivity index (χ2v) is 8.61. The number of nitrogens with one attached hydrogen (secondary N) is 2. The summed E-state index contributed by atoms with van der Waals surface area (Å²) in [5.41, 5.74) is 0.232. The maximum Gasteiger partial charge on any atom is 0.401 e. The van der Waals surface area contributed by atoms with Crippen molar-refractivity contribution in [3.05, 3.63) is 0 Å². The average molecular weight is 516 g/mol. The van der Waals surface area contributed by atoms with Gasteiger partial charge in [-0.3, -0.25) is 9.89 Å². The fourth-order valence-electron chi connectivity index (χ4n) is 5.88. The number of halogens is 4. The van der Waals surface area contributed by atoms with Crippen molar-refractivity contribution in [2.24, 2.45) is 16.3 Å². The van der Waals surface area contributed by atoms with Gasteiger partial charge in [0.2, 0.25) is 0 Å². The first-order chi connectivity index (χ1) is 12.9. The van der Waals surface area contributed by atoms with Crippen LogP contribution in [0.1, 0.15) is 45.4 Å². The minimum Gasteiger partial charge on any atom is -0.377 e. The maximum atomic E-state index is 12.6. The summed E-state index contributed by atoms with van der Waals surface area (Å²) >= 11 is 0. The van der Waals surface area contributed by atoms with Crippen LogP contribution >= 0.6 is 24.0 Å². The van der Waals surface area contributed by atoms with E-state index in [-0.39, 0.29) is 35.4 Å². The second-order valence-electron chi connectivity index (χ2n) is 8.61. The van der Waals surface area contributed by atoms with E-state index in [4.69, 9.17) is 4.74 Å². The molecule has 162 valence electrons. The summed E-state index contributed by atoms with van der Waals surface area (Å²) in [4.78, 5) is 6.07. The monoisotopic (exact) mass is 516 g/mol. The third-order valence-electron chi connectivity index (χ3n) is 6.91. The minimum absolute atomic E-state index is 0. The number of nitrogens with zero attached hydrogens (tertiary/aromatic N) is 2. The van der Waals surface area contributed by atoms with E-state index in [1.807, 2.05) is 6.92 Å². The van der Waals surface area contributed by atoms with E-state index in [2.05, 4.69) is 15.6 Å². The highest BCUT2D eigenvalue weighted by Gasteiger charge is 2.65. The Morgan fingerprint density at radius 2 is 1.96 bits per heavy atom. The molecule has 2 aliphatic carbocycles. The fraction of sp³-hybridized carbons (Fsp3) is 0.947. The molecule has 9 heteroatoms. The number of ether oxygens (including phenoxy) is 1. The summed E-state index contributed by atoms with van der Waals surface area (Å²) in [7, 11) is 0. The van der Waals surface area contributed by atoms with Crippen molar-refractivity contribution in [1.29, 1.82) is 0 Å². The number of hydrogen-bond donors (Lipinski definition) is 2. The van der Waals surface area contributed by atoms with Crippen LogP contribution in [0.2, 0.25) is 0 Å². The van der Waals surface area contributed by atoms with Gasteiger partial charge in [0.25, 0.3) is 0 Å². The number of likely N-dealkylation sites (tertiary alicyclic amines) is 1. The highest BCUT2D eigenvalue weighted by molar-refractivity contribution is 14.0. The lowest BCUT2D eigenvalue weighted by Gasteiger charge is -2.57. The van der Waals surface area contributed by atoms with Crippen LogP contribution in [0.4, 0.5) is 13.2 Å². The highest BCUT2D eigenvalue weighted by atomic mass is 127. The molecule has 0 aromatic heterocycles. The number of fused-ring (bicyclic) bond motifs is 2. The second kappa shape index (κ2) is 8.83. The van der Waals surface area contributed by atoms with Crippen molar-refractivity contribution in [2.45, 2.75) is 69.8 Å². The van der Waals surface area contributed by atoms with Gasteiger partial charge in [-0.1, -0.05) is 12.8 Å². The lowest BCUT2D eigenvalue weighted by Crippen LogP contribution is -2.69. The highest BCUT2D eigenvalue weighted by Crippen LogP contribution is 2.60. The predicted octanol–water partition coefficient (Wildman–Crippen LogP) is 3.14. The van der Waals surface area contributed by atoms with Crippen LogP contribution in [-0.2, 0) is 4.74 Å². The number of rotatable bonds is 4. The molecule has 0 amide bonds. The van der Waals surface area contributed by atoms with E-state index >= 15 is 0 Å². The molecule has 2 N–H and O–H groups in total. The summed E-state index contributed by atoms with van der Waals surface area (Å²) in [5, 5.41) is 7.07. The van der Waals surface area contributed by atoms with Crippen molar-refractivity contribution in [3.8, 4) is 0 Å². The molecular formula is C19H32F3IN4O.